The Bertz CT molecular complexity index is 2600. The fraction of sp³-hybridized carbons (Fsp3) is 0.255. The van der Waals surface area contributed by atoms with Gasteiger partial charge >= 0.3 is 0 Å². The lowest BCUT2D eigenvalue weighted by Gasteiger charge is -2.39. The first-order chi connectivity index (χ1) is 28.0. The van der Waals surface area contributed by atoms with Crippen LogP contribution in [0.3, 0.4) is 0 Å². The Hall–Kier alpha value is -5.73. The number of benzene rings is 5. The van der Waals surface area contributed by atoms with Crippen LogP contribution in [0.2, 0.25) is 0 Å². The number of nitrogens with zero attached hydrogens (tertiary/aromatic N) is 1. The molecule has 1 fully saturated rings. The summed E-state index contributed by atoms with van der Waals surface area (Å²) in [6.45, 7) is 4.92. The predicted molar refractivity (Wildman–Crippen MR) is 238 cm³/mol. The number of nitrogens with one attached hydrogen (secondary N) is 1. The second-order valence-electron chi connectivity index (χ2n) is 17.7. The Labute approximate surface area is 338 Å². The molecule has 1 spiro atoms. The zero-order valence-electron chi connectivity index (χ0n) is 33.1. The maximum atomic E-state index is 5.63. The van der Waals surface area contributed by atoms with E-state index in [2.05, 4.69) is 177 Å². The van der Waals surface area contributed by atoms with E-state index in [4.69, 9.17) is 4.99 Å². The molecule has 57 heavy (non-hydrogen) atoms. The molecule has 11 rings (SSSR count). The van der Waals surface area contributed by atoms with E-state index in [-0.39, 0.29) is 22.8 Å². The first-order valence-electron chi connectivity index (χ1n) is 21.3. The van der Waals surface area contributed by atoms with Crippen LogP contribution in [-0.2, 0) is 10.8 Å². The monoisotopic (exact) mass is 738 g/mol. The van der Waals surface area contributed by atoms with Crippen LogP contribution < -0.4 is 5.32 Å². The van der Waals surface area contributed by atoms with Gasteiger partial charge in [-0.2, -0.15) is 0 Å². The van der Waals surface area contributed by atoms with E-state index in [1.807, 2.05) is 0 Å². The SMILES string of the molecule is CC1(C)C2=C(C=C3C(C2)c2c(-c4cccc(C5=C(c6ccccc6)N=C(c6ccccc6)C(C6C=CC=CC6)N5)c4)cccc2C32CCCCC2)c2ccccc21. The van der Waals surface area contributed by atoms with Gasteiger partial charge in [0.1, 0.15) is 0 Å². The number of rotatable bonds is 5. The van der Waals surface area contributed by atoms with Crippen molar-refractivity contribution in [1.82, 2.24) is 5.32 Å². The lowest BCUT2D eigenvalue weighted by atomic mass is 9.64. The van der Waals surface area contributed by atoms with Crippen LogP contribution in [0, 0.1) is 5.92 Å². The predicted octanol–water partition coefficient (Wildman–Crippen LogP) is 13.1. The molecule has 280 valence electrons. The quantitative estimate of drug-likeness (QED) is 0.191. The van der Waals surface area contributed by atoms with Crippen molar-refractivity contribution in [2.75, 3.05) is 0 Å². The molecule has 0 saturated heterocycles. The van der Waals surface area contributed by atoms with Gasteiger partial charge in [-0.1, -0.05) is 196 Å². The Morgan fingerprint density at radius 2 is 1.33 bits per heavy atom. The number of aliphatic imine (C=N–C) groups is 1. The largest absolute Gasteiger partial charge is 0.374 e. The number of hydrogen-bond donors (Lipinski definition) is 1. The van der Waals surface area contributed by atoms with Gasteiger partial charge in [-0.3, -0.25) is 0 Å². The number of fused-ring (bicyclic) bond motifs is 7. The molecule has 5 aromatic carbocycles. The molecule has 0 aromatic heterocycles. The van der Waals surface area contributed by atoms with Crippen LogP contribution >= 0.6 is 0 Å². The fourth-order valence-corrected chi connectivity index (χ4v) is 11.6. The van der Waals surface area contributed by atoms with Gasteiger partial charge in [-0.25, -0.2) is 4.99 Å². The summed E-state index contributed by atoms with van der Waals surface area (Å²) in [7, 11) is 0. The molecule has 3 atom stereocenters. The van der Waals surface area contributed by atoms with Crippen LogP contribution in [-0.4, -0.2) is 11.8 Å². The van der Waals surface area contributed by atoms with Gasteiger partial charge in [-0.05, 0) is 76.3 Å². The standard InChI is InChI=1S/C55H50N2/c1-54(2)45-29-14-13-27-42(45)43-34-48-44(35-47(43)54)49-41(28-18-30-46(49)55(48)31-15-6-16-32-55)39-25-17-26-40(33-39)53-52(38-23-11-5-12-24-38)56-50(36-19-7-3-8-20-36)51(57-53)37-21-9-4-10-22-37/h3-5,7-14,17-21,23-30,33-34,37,44,51,57H,6,15-16,22,31-32,35H2,1-2H3. The van der Waals surface area contributed by atoms with Crippen molar-refractivity contribution in [3.05, 3.63) is 208 Å². The van der Waals surface area contributed by atoms with E-state index >= 15 is 0 Å². The lowest BCUT2D eigenvalue weighted by molar-refractivity contribution is 0.341. The van der Waals surface area contributed by atoms with E-state index in [0.29, 0.717) is 5.92 Å². The molecule has 6 aliphatic rings. The highest BCUT2D eigenvalue weighted by molar-refractivity contribution is 6.12. The molecule has 1 saturated carbocycles. The van der Waals surface area contributed by atoms with Crippen molar-refractivity contribution in [3.8, 4) is 11.1 Å². The fourth-order valence-electron chi connectivity index (χ4n) is 11.6. The maximum absolute atomic E-state index is 5.63. The van der Waals surface area contributed by atoms with E-state index in [9.17, 15) is 0 Å². The molecule has 0 amide bonds. The van der Waals surface area contributed by atoms with Gasteiger partial charge < -0.3 is 5.32 Å². The van der Waals surface area contributed by atoms with Crippen LogP contribution in [0.25, 0.3) is 28.1 Å². The number of hydrogen-bond acceptors (Lipinski definition) is 2. The summed E-state index contributed by atoms with van der Waals surface area (Å²) in [6.07, 6.45) is 20.2. The first kappa shape index (κ1) is 34.5. The molecule has 1 N–H and O–H groups in total. The molecule has 2 nitrogen and oxygen atoms in total. The summed E-state index contributed by atoms with van der Waals surface area (Å²) in [5, 5.41) is 4.15. The summed E-state index contributed by atoms with van der Waals surface area (Å²) in [6, 6.07) is 47.4. The van der Waals surface area contributed by atoms with E-state index in [1.165, 1.54) is 71.1 Å². The minimum Gasteiger partial charge on any atom is -0.374 e. The first-order valence-corrected chi connectivity index (χ1v) is 21.3. The van der Waals surface area contributed by atoms with E-state index in [0.717, 1.165) is 35.5 Å². The third-order valence-corrected chi connectivity index (χ3v) is 14.4. The average Bonchev–Trinajstić information content (AvgIpc) is 3.67. The van der Waals surface area contributed by atoms with E-state index < -0.39 is 0 Å². The van der Waals surface area contributed by atoms with Crippen molar-refractivity contribution in [2.24, 2.45) is 10.9 Å². The molecule has 5 aromatic rings. The minimum atomic E-state index is 0.0250. The summed E-state index contributed by atoms with van der Waals surface area (Å²) >= 11 is 0. The van der Waals surface area contributed by atoms with Gasteiger partial charge in [0.05, 0.1) is 23.1 Å². The zero-order chi connectivity index (χ0) is 38.1. The summed E-state index contributed by atoms with van der Waals surface area (Å²) in [4.78, 5) is 5.63. The molecule has 0 radical (unpaired) electrons. The van der Waals surface area contributed by atoms with Crippen LogP contribution in [0.5, 0.6) is 0 Å². The van der Waals surface area contributed by atoms with Gasteiger partial charge in [0.25, 0.3) is 0 Å². The molecule has 1 heterocycles. The summed E-state index contributed by atoms with van der Waals surface area (Å²) < 4.78 is 0. The Morgan fingerprint density at radius 1 is 0.649 bits per heavy atom. The highest BCUT2D eigenvalue weighted by Crippen LogP contribution is 2.65. The number of allylic oxidation sites excluding steroid dienone is 7. The molecule has 3 unspecified atom stereocenters. The van der Waals surface area contributed by atoms with Gasteiger partial charge in [0.15, 0.2) is 0 Å². The molecular weight excluding hydrogens is 689 g/mol. The van der Waals surface area contributed by atoms with Crippen molar-refractivity contribution in [1.29, 1.82) is 0 Å². The average molecular weight is 739 g/mol. The maximum Gasteiger partial charge on any atom is 0.0944 e. The summed E-state index contributed by atoms with van der Waals surface area (Å²) in [5.41, 5.74) is 20.5. The van der Waals surface area contributed by atoms with Crippen molar-refractivity contribution < 1.29 is 0 Å². The van der Waals surface area contributed by atoms with Crippen molar-refractivity contribution in [3.63, 3.8) is 0 Å². The van der Waals surface area contributed by atoms with Gasteiger partial charge in [-0.15, -0.1) is 0 Å². The van der Waals surface area contributed by atoms with Gasteiger partial charge in [0, 0.05) is 33.8 Å². The Kier molecular flexibility index (Phi) is 8.14. The highest BCUT2D eigenvalue weighted by Gasteiger charge is 2.52. The molecular formula is C55H50N2. The minimum absolute atomic E-state index is 0.0250. The summed E-state index contributed by atoms with van der Waals surface area (Å²) in [5.74, 6) is 0.681. The molecule has 5 aliphatic carbocycles. The third kappa shape index (κ3) is 5.40. The second-order valence-corrected chi connectivity index (χ2v) is 17.7. The zero-order valence-corrected chi connectivity index (χ0v) is 33.1. The van der Waals surface area contributed by atoms with Gasteiger partial charge in [0.2, 0.25) is 0 Å². The smallest absolute Gasteiger partial charge is 0.0944 e. The lowest BCUT2D eigenvalue weighted by Crippen LogP contribution is -2.44. The Morgan fingerprint density at radius 3 is 2.12 bits per heavy atom. The second kappa shape index (κ2) is 13.4. The third-order valence-electron chi connectivity index (χ3n) is 14.4. The van der Waals surface area contributed by atoms with Crippen molar-refractivity contribution >= 4 is 22.7 Å². The normalized spacial score (nSPS) is 23.6. The van der Waals surface area contributed by atoms with Crippen LogP contribution in [0.4, 0.5) is 0 Å². The van der Waals surface area contributed by atoms with Crippen molar-refractivity contribution in [2.45, 2.75) is 81.6 Å². The molecule has 1 aliphatic heterocycles. The molecule has 0 bridgehead atoms. The van der Waals surface area contributed by atoms with Crippen LogP contribution in [0.15, 0.2) is 174 Å². The molecule has 2 heteroatoms. The van der Waals surface area contributed by atoms with Crippen LogP contribution in [0.1, 0.15) is 104 Å². The Balaban J connectivity index is 1.07. The highest BCUT2D eigenvalue weighted by atomic mass is 15.0. The topological polar surface area (TPSA) is 24.4 Å². The van der Waals surface area contributed by atoms with E-state index in [1.54, 1.807) is 22.3 Å².